The van der Waals surface area contributed by atoms with Gasteiger partial charge in [-0.25, -0.2) is 0 Å². The topological polar surface area (TPSA) is 27.1 Å². The van der Waals surface area contributed by atoms with Crippen molar-refractivity contribution in [3.63, 3.8) is 0 Å². The summed E-state index contributed by atoms with van der Waals surface area (Å²) in [4.78, 5) is 1.97. The van der Waals surface area contributed by atoms with E-state index >= 15 is 0 Å². The van der Waals surface area contributed by atoms with Gasteiger partial charge in [-0.2, -0.15) is 0 Å². The fourth-order valence-electron chi connectivity index (χ4n) is 0.788. The second-order valence-electron chi connectivity index (χ2n) is 2.00. The van der Waals surface area contributed by atoms with Gasteiger partial charge in [-0.1, -0.05) is 22.6 Å². The van der Waals surface area contributed by atoms with Crippen LogP contribution in [0.5, 0.6) is 5.88 Å². The molecule has 4 heteroatoms. The zero-order valence-electron chi connectivity index (χ0n) is 7.26. The number of nitrogens with zero attached hydrogens (tertiary/aromatic N) is 2. The van der Waals surface area contributed by atoms with Crippen LogP contribution >= 0.6 is 22.6 Å². The molecule has 1 heterocycles. The van der Waals surface area contributed by atoms with E-state index in [0.29, 0.717) is 5.88 Å². The SMILES string of the molecule is CI.COc1nn(C)cc1C. The van der Waals surface area contributed by atoms with Crippen LogP contribution in [0.15, 0.2) is 6.20 Å². The van der Waals surface area contributed by atoms with Crippen molar-refractivity contribution in [2.45, 2.75) is 6.92 Å². The second-order valence-corrected chi connectivity index (χ2v) is 2.00. The zero-order valence-corrected chi connectivity index (χ0v) is 9.42. The average molecular weight is 268 g/mol. The quantitative estimate of drug-likeness (QED) is 0.573. The number of rotatable bonds is 1. The highest BCUT2D eigenvalue weighted by molar-refractivity contribution is 14.1. The van der Waals surface area contributed by atoms with E-state index in [1.54, 1.807) is 11.8 Å². The maximum atomic E-state index is 4.93. The highest BCUT2D eigenvalue weighted by Gasteiger charge is 1.99. The number of hydrogen-bond donors (Lipinski definition) is 0. The molecule has 3 nitrogen and oxygen atoms in total. The van der Waals surface area contributed by atoms with Gasteiger partial charge in [-0.05, 0) is 11.9 Å². The number of halogens is 1. The predicted octanol–water partition coefficient (Wildman–Crippen LogP) is 1.79. The molecule has 0 amide bonds. The normalized spacial score (nSPS) is 8.45. The van der Waals surface area contributed by atoms with Crippen LogP contribution in [-0.2, 0) is 7.05 Å². The van der Waals surface area contributed by atoms with E-state index in [1.807, 2.05) is 25.1 Å². The van der Waals surface area contributed by atoms with E-state index in [2.05, 4.69) is 27.7 Å². The summed E-state index contributed by atoms with van der Waals surface area (Å²) in [5.74, 6) is 0.706. The first-order valence-corrected chi connectivity index (χ1v) is 5.32. The molecule has 0 N–H and O–H groups in total. The number of aryl methyl sites for hydroxylation is 2. The average Bonchev–Trinajstić information content (AvgIpc) is 2.33. The van der Waals surface area contributed by atoms with Gasteiger partial charge in [0.05, 0.1) is 7.11 Å². The maximum Gasteiger partial charge on any atom is 0.235 e. The minimum absolute atomic E-state index is 0.706. The summed E-state index contributed by atoms with van der Waals surface area (Å²) in [6, 6.07) is 0. The Bertz CT molecular complexity index is 210. The molecule has 0 radical (unpaired) electrons. The first-order valence-electron chi connectivity index (χ1n) is 3.16. The van der Waals surface area contributed by atoms with Crippen molar-refractivity contribution >= 4 is 22.6 Å². The van der Waals surface area contributed by atoms with Crippen molar-refractivity contribution in [3.8, 4) is 5.88 Å². The Morgan fingerprint density at radius 1 is 1.55 bits per heavy atom. The summed E-state index contributed by atoms with van der Waals surface area (Å²) < 4.78 is 6.66. The second kappa shape index (κ2) is 5.40. The van der Waals surface area contributed by atoms with Crippen molar-refractivity contribution < 1.29 is 4.74 Å². The zero-order chi connectivity index (χ0) is 8.85. The van der Waals surface area contributed by atoms with Gasteiger partial charge in [-0.15, -0.1) is 5.10 Å². The Hall–Kier alpha value is -0.260. The van der Waals surface area contributed by atoms with Crippen LogP contribution in [0.25, 0.3) is 0 Å². The largest absolute Gasteiger partial charge is 0.480 e. The minimum atomic E-state index is 0.706. The fraction of sp³-hybridized carbons (Fsp3) is 0.571. The Balaban J connectivity index is 0.000000461. The molecule has 1 aromatic rings. The van der Waals surface area contributed by atoms with Crippen LogP contribution in [0.4, 0.5) is 0 Å². The molecule has 0 spiro atoms. The highest BCUT2D eigenvalue weighted by Crippen LogP contribution is 2.11. The standard InChI is InChI=1S/C6H10N2O.CH3I/c1-5-4-8(2)7-6(5)9-3;1-2/h4H,1-3H3;1H3. The molecule has 0 aliphatic rings. The van der Waals surface area contributed by atoms with E-state index < -0.39 is 0 Å². The molecular weight excluding hydrogens is 255 g/mol. The summed E-state index contributed by atoms with van der Waals surface area (Å²) in [7, 11) is 3.49. The molecule has 1 aromatic heterocycles. The van der Waals surface area contributed by atoms with Gasteiger partial charge in [-0.3, -0.25) is 4.68 Å². The molecular formula is C7H13IN2O. The molecule has 0 saturated heterocycles. The summed E-state index contributed by atoms with van der Waals surface area (Å²) in [6.45, 7) is 1.96. The van der Waals surface area contributed by atoms with Gasteiger partial charge >= 0.3 is 0 Å². The van der Waals surface area contributed by atoms with Crippen LogP contribution < -0.4 is 4.74 Å². The summed E-state index contributed by atoms with van der Waals surface area (Å²) >= 11 is 2.15. The Morgan fingerprint density at radius 2 is 2.09 bits per heavy atom. The molecule has 11 heavy (non-hydrogen) atoms. The maximum absolute atomic E-state index is 4.93. The first-order chi connectivity index (χ1) is 5.24. The van der Waals surface area contributed by atoms with Gasteiger partial charge in [0.2, 0.25) is 5.88 Å². The lowest BCUT2D eigenvalue weighted by Crippen LogP contribution is -1.88. The number of methoxy groups -OCH3 is 1. The van der Waals surface area contributed by atoms with Crippen LogP contribution in [0.2, 0.25) is 0 Å². The van der Waals surface area contributed by atoms with E-state index in [-0.39, 0.29) is 0 Å². The lowest BCUT2D eigenvalue weighted by Gasteiger charge is -1.90. The van der Waals surface area contributed by atoms with Crippen molar-refractivity contribution in [2.24, 2.45) is 7.05 Å². The van der Waals surface area contributed by atoms with Crippen molar-refractivity contribution in [2.75, 3.05) is 12.0 Å². The lowest BCUT2D eigenvalue weighted by atomic mass is 10.4. The molecule has 0 unspecified atom stereocenters. The van der Waals surface area contributed by atoms with Crippen molar-refractivity contribution in [1.82, 2.24) is 9.78 Å². The Labute approximate surface area is 80.9 Å². The molecule has 0 bridgehead atoms. The molecule has 0 aliphatic carbocycles. The van der Waals surface area contributed by atoms with Gasteiger partial charge in [0.15, 0.2) is 0 Å². The molecule has 0 atom stereocenters. The number of hydrogen-bond acceptors (Lipinski definition) is 2. The van der Waals surface area contributed by atoms with Crippen LogP contribution in [0.3, 0.4) is 0 Å². The monoisotopic (exact) mass is 268 g/mol. The summed E-state index contributed by atoms with van der Waals surface area (Å²) in [6.07, 6.45) is 1.92. The van der Waals surface area contributed by atoms with Crippen LogP contribution in [0.1, 0.15) is 5.56 Å². The van der Waals surface area contributed by atoms with E-state index in [0.717, 1.165) is 5.56 Å². The van der Waals surface area contributed by atoms with Crippen LogP contribution in [0, 0.1) is 6.92 Å². The third kappa shape index (κ3) is 3.09. The smallest absolute Gasteiger partial charge is 0.235 e. The van der Waals surface area contributed by atoms with Gasteiger partial charge in [0.25, 0.3) is 0 Å². The molecule has 0 aromatic carbocycles. The molecule has 0 saturated carbocycles. The highest BCUT2D eigenvalue weighted by atomic mass is 127. The fourth-order valence-corrected chi connectivity index (χ4v) is 0.788. The van der Waals surface area contributed by atoms with Gasteiger partial charge in [0.1, 0.15) is 0 Å². The molecule has 1 rings (SSSR count). The molecule has 0 aliphatic heterocycles. The van der Waals surface area contributed by atoms with Crippen molar-refractivity contribution in [1.29, 1.82) is 0 Å². The molecule has 0 fully saturated rings. The van der Waals surface area contributed by atoms with E-state index in [4.69, 9.17) is 4.74 Å². The van der Waals surface area contributed by atoms with Gasteiger partial charge < -0.3 is 4.74 Å². The summed E-state index contributed by atoms with van der Waals surface area (Å²) in [5, 5.41) is 4.02. The number of aromatic nitrogens is 2. The Morgan fingerprint density at radius 3 is 2.27 bits per heavy atom. The third-order valence-corrected chi connectivity index (χ3v) is 1.16. The van der Waals surface area contributed by atoms with Crippen LogP contribution in [-0.4, -0.2) is 21.8 Å². The third-order valence-electron chi connectivity index (χ3n) is 1.16. The summed E-state index contributed by atoms with van der Waals surface area (Å²) in [5.41, 5.74) is 1.07. The number of ether oxygens (including phenoxy) is 1. The number of alkyl halides is 1. The van der Waals surface area contributed by atoms with E-state index in [1.165, 1.54) is 0 Å². The molecule has 64 valence electrons. The first kappa shape index (κ1) is 10.7. The van der Waals surface area contributed by atoms with Gasteiger partial charge in [0, 0.05) is 18.8 Å². The predicted molar refractivity (Wildman–Crippen MR) is 54.4 cm³/mol. The lowest BCUT2D eigenvalue weighted by molar-refractivity contribution is 0.389. The minimum Gasteiger partial charge on any atom is -0.480 e. The van der Waals surface area contributed by atoms with E-state index in [9.17, 15) is 0 Å². The van der Waals surface area contributed by atoms with Crippen molar-refractivity contribution in [3.05, 3.63) is 11.8 Å². The Kier molecular flexibility index (Phi) is 5.27.